The Balaban J connectivity index is 2.00. The van der Waals surface area contributed by atoms with Crippen LogP contribution in [0.3, 0.4) is 0 Å². The van der Waals surface area contributed by atoms with Gasteiger partial charge in [-0.25, -0.2) is 4.79 Å². The number of benzene rings is 2. The van der Waals surface area contributed by atoms with Gasteiger partial charge in [0.05, 0.1) is 12.7 Å². The third-order valence-corrected chi connectivity index (χ3v) is 3.81. The van der Waals surface area contributed by atoms with E-state index in [0.29, 0.717) is 5.75 Å². The van der Waals surface area contributed by atoms with E-state index in [1.807, 2.05) is 0 Å². The fourth-order valence-electron chi connectivity index (χ4n) is 2.51. The topological polar surface area (TPSA) is 131 Å². The lowest BCUT2D eigenvalue weighted by Crippen LogP contribution is -2.25. The molecule has 0 bridgehead atoms. The molecule has 1 aromatic heterocycles. The van der Waals surface area contributed by atoms with Crippen LogP contribution in [-0.4, -0.2) is 39.0 Å². The van der Waals surface area contributed by atoms with E-state index in [2.05, 4.69) is 10.4 Å². The van der Waals surface area contributed by atoms with Gasteiger partial charge in [0.2, 0.25) is 0 Å². The van der Waals surface area contributed by atoms with E-state index in [-0.39, 0.29) is 16.9 Å². The van der Waals surface area contributed by atoms with Gasteiger partial charge in [0.1, 0.15) is 11.4 Å². The van der Waals surface area contributed by atoms with Gasteiger partial charge in [0, 0.05) is 11.8 Å². The second kappa shape index (κ2) is 7.62. The van der Waals surface area contributed by atoms with Gasteiger partial charge in [0.25, 0.3) is 11.5 Å². The Kier molecular flexibility index (Phi) is 5.07. The minimum absolute atomic E-state index is 0.0195. The predicted molar refractivity (Wildman–Crippen MR) is 99.4 cm³/mol. The molecular weight excluding hydrogens is 366 g/mol. The van der Waals surface area contributed by atoms with Crippen molar-refractivity contribution in [3.05, 3.63) is 76.2 Å². The Labute approximate surface area is 158 Å². The summed E-state index contributed by atoms with van der Waals surface area (Å²) >= 11 is 0. The monoisotopic (exact) mass is 381 g/mol. The standard InChI is InChI=1S/C19H15N3O6/c1-28-15-8-3-2-7-13(15)22-16(24)10-14(23)17(21-22)18(25)20-12-6-4-5-11(9-12)19(26)27/h2-10,23H,1H3,(H,20,25)(H,26,27). The van der Waals surface area contributed by atoms with Crippen LogP contribution in [0.25, 0.3) is 5.69 Å². The number of carboxylic acids is 1. The number of nitrogens with zero attached hydrogens (tertiary/aromatic N) is 2. The Morgan fingerprint density at radius 2 is 1.86 bits per heavy atom. The van der Waals surface area contributed by atoms with Crippen molar-refractivity contribution in [1.82, 2.24) is 9.78 Å². The highest BCUT2D eigenvalue weighted by Gasteiger charge is 2.19. The summed E-state index contributed by atoms with van der Waals surface area (Å²) in [7, 11) is 1.42. The summed E-state index contributed by atoms with van der Waals surface area (Å²) in [5.41, 5.74) is -0.607. The van der Waals surface area contributed by atoms with Crippen LogP contribution in [0.5, 0.6) is 11.5 Å². The minimum Gasteiger partial charge on any atom is -0.505 e. The van der Waals surface area contributed by atoms with Crippen molar-refractivity contribution in [2.45, 2.75) is 0 Å². The zero-order valence-corrected chi connectivity index (χ0v) is 14.6. The van der Waals surface area contributed by atoms with Crippen LogP contribution in [0.1, 0.15) is 20.8 Å². The number of ether oxygens (including phenoxy) is 1. The molecule has 0 atom stereocenters. The molecule has 0 radical (unpaired) electrons. The molecule has 2 aromatic carbocycles. The molecule has 1 heterocycles. The molecule has 3 N–H and O–H groups in total. The first-order valence-corrected chi connectivity index (χ1v) is 8.02. The molecule has 9 heteroatoms. The number of anilines is 1. The molecule has 9 nitrogen and oxygen atoms in total. The molecular formula is C19H15N3O6. The first kappa shape index (κ1) is 18.6. The molecule has 1 amide bonds. The third kappa shape index (κ3) is 3.68. The van der Waals surface area contributed by atoms with Crippen LogP contribution in [0.4, 0.5) is 5.69 Å². The van der Waals surface area contributed by atoms with Crippen molar-refractivity contribution in [3.8, 4) is 17.2 Å². The summed E-state index contributed by atoms with van der Waals surface area (Å²) < 4.78 is 6.13. The van der Waals surface area contributed by atoms with Gasteiger partial charge in [-0.15, -0.1) is 0 Å². The summed E-state index contributed by atoms with van der Waals surface area (Å²) in [6.45, 7) is 0. The van der Waals surface area contributed by atoms with E-state index in [1.54, 1.807) is 24.3 Å². The van der Waals surface area contributed by atoms with Crippen LogP contribution >= 0.6 is 0 Å². The number of rotatable bonds is 5. The fourth-order valence-corrected chi connectivity index (χ4v) is 2.51. The second-order valence-electron chi connectivity index (χ2n) is 5.64. The number of hydrogen-bond donors (Lipinski definition) is 3. The normalized spacial score (nSPS) is 10.3. The molecule has 0 spiro atoms. The van der Waals surface area contributed by atoms with Crippen LogP contribution in [0.15, 0.2) is 59.4 Å². The number of hydrogen-bond acceptors (Lipinski definition) is 6. The molecule has 0 saturated heterocycles. The maximum Gasteiger partial charge on any atom is 0.335 e. The number of aromatic hydroxyl groups is 1. The Morgan fingerprint density at radius 1 is 1.11 bits per heavy atom. The Hall–Kier alpha value is -4.14. The van der Waals surface area contributed by atoms with Crippen LogP contribution in [-0.2, 0) is 0 Å². The van der Waals surface area contributed by atoms with Crippen molar-refractivity contribution in [3.63, 3.8) is 0 Å². The SMILES string of the molecule is COc1ccccc1-n1nc(C(=O)Nc2cccc(C(=O)O)c2)c(O)cc1=O. The van der Waals surface area contributed by atoms with E-state index < -0.39 is 28.9 Å². The van der Waals surface area contributed by atoms with Gasteiger partial charge in [-0.3, -0.25) is 9.59 Å². The van der Waals surface area contributed by atoms with E-state index in [0.717, 1.165) is 10.7 Å². The molecule has 0 fully saturated rings. The molecule has 0 aliphatic rings. The van der Waals surface area contributed by atoms with E-state index >= 15 is 0 Å². The molecule has 0 aliphatic heterocycles. The van der Waals surface area contributed by atoms with E-state index in [4.69, 9.17) is 9.84 Å². The first-order chi connectivity index (χ1) is 13.4. The van der Waals surface area contributed by atoms with Crippen molar-refractivity contribution >= 4 is 17.6 Å². The van der Waals surface area contributed by atoms with Crippen molar-refractivity contribution < 1.29 is 24.5 Å². The zero-order valence-electron chi connectivity index (χ0n) is 14.6. The Bertz CT molecular complexity index is 1120. The zero-order chi connectivity index (χ0) is 20.3. The van der Waals surface area contributed by atoms with Gasteiger partial charge < -0.3 is 20.3 Å². The van der Waals surface area contributed by atoms with Crippen molar-refractivity contribution in [2.24, 2.45) is 0 Å². The lowest BCUT2D eigenvalue weighted by molar-refractivity contribution is 0.0696. The average molecular weight is 381 g/mol. The lowest BCUT2D eigenvalue weighted by atomic mass is 10.2. The number of para-hydroxylation sites is 2. The average Bonchev–Trinajstić information content (AvgIpc) is 2.68. The number of methoxy groups -OCH3 is 1. The van der Waals surface area contributed by atoms with Crippen molar-refractivity contribution in [1.29, 1.82) is 0 Å². The minimum atomic E-state index is -1.15. The maximum atomic E-state index is 12.5. The molecule has 3 rings (SSSR count). The van der Waals surface area contributed by atoms with Gasteiger partial charge in [0.15, 0.2) is 11.4 Å². The highest BCUT2D eigenvalue weighted by Crippen LogP contribution is 2.22. The summed E-state index contributed by atoms with van der Waals surface area (Å²) in [6, 6.07) is 13.0. The summed E-state index contributed by atoms with van der Waals surface area (Å²) in [6.07, 6.45) is 0. The quantitative estimate of drug-likeness (QED) is 0.615. The van der Waals surface area contributed by atoms with Gasteiger partial charge >= 0.3 is 5.97 Å². The number of carbonyl (C=O) groups excluding carboxylic acids is 1. The largest absolute Gasteiger partial charge is 0.505 e. The van der Waals surface area contributed by atoms with Crippen LogP contribution < -0.4 is 15.6 Å². The highest BCUT2D eigenvalue weighted by molar-refractivity contribution is 6.05. The van der Waals surface area contributed by atoms with Gasteiger partial charge in [-0.2, -0.15) is 9.78 Å². The molecule has 142 valence electrons. The lowest BCUT2D eigenvalue weighted by Gasteiger charge is -2.12. The van der Waals surface area contributed by atoms with Crippen LogP contribution in [0.2, 0.25) is 0 Å². The number of aromatic carboxylic acids is 1. The predicted octanol–water partition coefficient (Wildman–Crippen LogP) is 1.90. The number of aromatic nitrogens is 2. The number of nitrogens with one attached hydrogen (secondary N) is 1. The molecule has 0 saturated carbocycles. The summed E-state index contributed by atoms with van der Waals surface area (Å²) in [5.74, 6) is -2.23. The molecule has 0 unspecified atom stereocenters. The number of carbonyl (C=O) groups is 2. The smallest absolute Gasteiger partial charge is 0.335 e. The Morgan fingerprint density at radius 3 is 2.57 bits per heavy atom. The van der Waals surface area contributed by atoms with Gasteiger partial charge in [-0.05, 0) is 30.3 Å². The number of carboxylic acid groups (broad SMARTS) is 1. The van der Waals surface area contributed by atoms with Gasteiger partial charge in [-0.1, -0.05) is 18.2 Å². The third-order valence-electron chi connectivity index (χ3n) is 3.81. The molecule has 3 aromatic rings. The molecule has 28 heavy (non-hydrogen) atoms. The highest BCUT2D eigenvalue weighted by atomic mass is 16.5. The van der Waals surface area contributed by atoms with Crippen molar-refractivity contribution in [2.75, 3.05) is 12.4 Å². The summed E-state index contributed by atoms with van der Waals surface area (Å²) in [5, 5.41) is 25.5. The maximum absolute atomic E-state index is 12.5. The second-order valence-corrected chi connectivity index (χ2v) is 5.64. The first-order valence-electron chi connectivity index (χ1n) is 8.02. The van der Waals surface area contributed by atoms with Crippen LogP contribution in [0, 0.1) is 0 Å². The van der Waals surface area contributed by atoms with E-state index in [9.17, 15) is 19.5 Å². The number of amides is 1. The summed E-state index contributed by atoms with van der Waals surface area (Å²) in [4.78, 5) is 35.8. The fraction of sp³-hybridized carbons (Fsp3) is 0.0526. The molecule has 0 aliphatic carbocycles. The van der Waals surface area contributed by atoms with E-state index in [1.165, 1.54) is 31.4 Å².